The molecule has 0 spiro atoms. The van der Waals surface area contributed by atoms with Gasteiger partial charge in [-0.2, -0.15) is 0 Å². The Morgan fingerprint density at radius 3 is 2.95 bits per heavy atom. The highest BCUT2D eigenvalue weighted by Gasteiger charge is 2.02. The molecule has 0 unspecified atom stereocenters. The number of benzene rings is 1. The van der Waals surface area contributed by atoms with Gasteiger partial charge in [0, 0.05) is 30.8 Å². The Morgan fingerprint density at radius 1 is 1.14 bits per heavy atom. The molecule has 0 aliphatic heterocycles. The minimum absolute atomic E-state index is 0.793. The van der Waals surface area contributed by atoms with Gasteiger partial charge in [-0.1, -0.05) is 31.5 Å². The van der Waals surface area contributed by atoms with Gasteiger partial charge in [-0.05, 0) is 12.5 Å². The molecule has 4 nitrogen and oxygen atoms in total. The third-order valence-electron chi connectivity index (χ3n) is 3.09. The number of rotatable bonds is 10. The molecule has 0 amide bonds. The molecule has 0 atom stereocenters. The summed E-state index contributed by atoms with van der Waals surface area (Å²) in [5.74, 6) is 0.996. The van der Waals surface area contributed by atoms with Crippen molar-refractivity contribution in [2.75, 3.05) is 32.1 Å². The summed E-state index contributed by atoms with van der Waals surface area (Å²) in [7, 11) is 0. The number of nitrogens with zero attached hydrogens (tertiary/aromatic N) is 2. The Morgan fingerprint density at radius 2 is 2.05 bits per heavy atom. The van der Waals surface area contributed by atoms with Gasteiger partial charge in [0.05, 0.1) is 12.1 Å². The second-order valence-electron chi connectivity index (χ2n) is 4.76. The van der Waals surface area contributed by atoms with Crippen molar-refractivity contribution < 1.29 is 4.74 Å². The first kappa shape index (κ1) is 16.2. The van der Waals surface area contributed by atoms with E-state index in [9.17, 15) is 0 Å². The van der Waals surface area contributed by atoms with Crippen LogP contribution in [0.15, 0.2) is 35.6 Å². The maximum atomic E-state index is 5.51. The van der Waals surface area contributed by atoms with Crippen LogP contribution >= 0.6 is 11.8 Å². The van der Waals surface area contributed by atoms with Gasteiger partial charge in [0.25, 0.3) is 0 Å². The van der Waals surface area contributed by atoms with E-state index in [1.165, 1.54) is 6.42 Å². The van der Waals surface area contributed by atoms with Gasteiger partial charge in [-0.25, -0.2) is 9.97 Å². The second-order valence-corrected chi connectivity index (χ2v) is 5.84. The predicted molar refractivity (Wildman–Crippen MR) is 88.9 cm³/mol. The predicted octanol–water partition coefficient (Wildman–Crippen LogP) is 3.13. The van der Waals surface area contributed by atoms with Crippen molar-refractivity contribution >= 4 is 22.7 Å². The van der Waals surface area contributed by atoms with E-state index in [4.69, 9.17) is 4.74 Å². The summed E-state index contributed by atoms with van der Waals surface area (Å²) in [6.07, 6.45) is 3.98. The van der Waals surface area contributed by atoms with Crippen molar-refractivity contribution in [3.63, 3.8) is 0 Å². The largest absolute Gasteiger partial charge is 0.380 e. The number of unbranched alkanes of at least 4 members (excludes halogenated alkanes) is 1. The van der Waals surface area contributed by atoms with Crippen LogP contribution in [-0.2, 0) is 4.74 Å². The lowest BCUT2D eigenvalue weighted by Gasteiger charge is -2.06. The van der Waals surface area contributed by atoms with Gasteiger partial charge in [0.15, 0.2) is 0 Å². The van der Waals surface area contributed by atoms with Crippen LogP contribution in [0, 0.1) is 0 Å². The number of fused-ring (bicyclic) bond motifs is 1. The molecule has 0 saturated heterocycles. The maximum absolute atomic E-state index is 5.51. The summed E-state index contributed by atoms with van der Waals surface area (Å²) in [6, 6.07) is 8.13. The summed E-state index contributed by atoms with van der Waals surface area (Å²) >= 11 is 1.77. The van der Waals surface area contributed by atoms with E-state index >= 15 is 0 Å². The number of para-hydroxylation sites is 1. The van der Waals surface area contributed by atoms with Crippen LogP contribution in [0.5, 0.6) is 0 Å². The summed E-state index contributed by atoms with van der Waals surface area (Å²) in [4.78, 5) is 8.65. The van der Waals surface area contributed by atoms with E-state index in [-0.39, 0.29) is 0 Å². The number of aromatic nitrogens is 2. The molecule has 1 N–H and O–H groups in total. The smallest absolute Gasteiger partial charge is 0.117 e. The molecule has 1 aromatic carbocycles. The third kappa shape index (κ3) is 5.61. The molecule has 1 aromatic heterocycles. The summed E-state index contributed by atoms with van der Waals surface area (Å²) < 4.78 is 5.51. The fourth-order valence-electron chi connectivity index (χ4n) is 1.93. The molecule has 0 radical (unpaired) electrons. The summed E-state index contributed by atoms with van der Waals surface area (Å²) in [6.45, 7) is 5.71. The highest BCUT2D eigenvalue weighted by molar-refractivity contribution is 7.99. The molecule has 114 valence electrons. The second kappa shape index (κ2) is 9.71. The van der Waals surface area contributed by atoms with Crippen molar-refractivity contribution in [3.05, 3.63) is 30.6 Å². The van der Waals surface area contributed by atoms with E-state index in [1.54, 1.807) is 18.1 Å². The topological polar surface area (TPSA) is 47.0 Å². The van der Waals surface area contributed by atoms with Crippen molar-refractivity contribution in [2.45, 2.75) is 24.8 Å². The first-order valence-corrected chi connectivity index (χ1v) is 8.51. The number of thioether (sulfide) groups is 1. The molecule has 0 aliphatic rings. The summed E-state index contributed by atoms with van der Waals surface area (Å²) in [5, 5.41) is 5.58. The first-order chi connectivity index (χ1) is 10.4. The van der Waals surface area contributed by atoms with Gasteiger partial charge in [-0.3, -0.25) is 0 Å². The lowest BCUT2D eigenvalue weighted by atomic mass is 10.2. The molecule has 0 fully saturated rings. The summed E-state index contributed by atoms with van der Waals surface area (Å²) in [5.41, 5.74) is 1.01. The molecule has 0 bridgehead atoms. The zero-order valence-electron chi connectivity index (χ0n) is 12.5. The van der Waals surface area contributed by atoms with E-state index in [0.29, 0.717) is 0 Å². The Bertz CT molecular complexity index is 530. The molecule has 0 aliphatic carbocycles. The van der Waals surface area contributed by atoms with Crippen LogP contribution < -0.4 is 5.32 Å². The van der Waals surface area contributed by atoms with Crippen molar-refractivity contribution in [1.82, 2.24) is 15.3 Å². The fourth-order valence-corrected chi connectivity index (χ4v) is 2.82. The van der Waals surface area contributed by atoms with Crippen LogP contribution in [-0.4, -0.2) is 42.0 Å². The third-order valence-corrected chi connectivity index (χ3v) is 4.10. The van der Waals surface area contributed by atoms with Crippen molar-refractivity contribution in [3.8, 4) is 0 Å². The highest BCUT2D eigenvalue weighted by Crippen LogP contribution is 2.23. The first-order valence-electron chi connectivity index (χ1n) is 7.53. The van der Waals surface area contributed by atoms with Gasteiger partial charge in [-0.15, -0.1) is 11.8 Å². The normalized spacial score (nSPS) is 11.1. The lowest BCUT2D eigenvalue weighted by Crippen LogP contribution is -2.22. The minimum atomic E-state index is 0.793. The van der Waals surface area contributed by atoms with E-state index in [0.717, 1.165) is 54.4 Å². The van der Waals surface area contributed by atoms with Crippen LogP contribution in [0.4, 0.5) is 0 Å². The Kier molecular flexibility index (Phi) is 7.49. The zero-order valence-corrected chi connectivity index (χ0v) is 13.4. The zero-order chi connectivity index (χ0) is 14.8. The molecular formula is C16H23N3OS. The van der Waals surface area contributed by atoms with Crippen LogP contribution in [0.25, 0.3) is 10.9 Å². The number of hydrogen-bond acceptors (Lipinski definition) is 5. The average Bonchev–Trinajstić information content (AvgIpc) is 2.53. The molecule has 21 heavy (non-hydrogen) atoms. The quantitative estimate of drug-likeness (QED) is 0.415. The molecule has 2 rings (SSSR count). The van der Waals surface area contributed by atoms with Crippen LogP contribution in [0.2, 0.25) is 0 Å². The Labute approximate surface area is 130 Å². The van der Waals surface area contributed by atoms with Crippen molar-refractivity contribution in [1.29, 1.82) is 0 Å². The average molecular weight is 305 g/mol. The van der Waals surface area contributed by atoms with E-state index in [2.05, 4.69) is 28.3 Å². The van der Waals surface area contributed by atoms with E-state index < -0.39 is 0 Å². The molecule has 1 heterocycles. The van der Waals surface area contributed by atoms with E-state index in [1.807, 2.05) is 18.2 Å². The Hall–Kier alpha value is -1.17. The highest BCUT2D eigenvalue weighted by atomic mass is 32.2. The van der Waals surface area contributed by atoms with Gasteiger partial charge < -0.3 is 10.1 Å². The molecule has 5 heteroatoms. The lowest BCUT2D eigenvalue weighted by molar-refractivity contribution is 0.133. The molecular weight excluding hydrogens is 282 g/mol. The number of hydrogen-bond donors (Lipinski definition) is 1. The maximum Gasteiger partial charge on any atom is 0.117 e. The molecule has 2 aromatic rings. The van der Waals surface area contributed by atoms with Crippen molar-refractivity contribution in [2.24, 2.45) is 0 Å². The number of nitrogens with one attached hydrogen (secondary N) is 1. The number of ether oxygens (including phenoxy) is 1. The van der Waals surface area contributed by atoms with Gasteiger partial charge >= 0.3 is 0 Å². The van der Waals surface area contributed by atoms with Gasteiger partial charge in [0.1, 0.15) is 11.4 Å². The van der Waals surface area contributed by atoms with Crippen LogP contribution in [0.1, 0.15) is 19.8 Å². The SMILES string of the molecule is CCCCOCCNCCSc1ncnc2ccccc12. The van der Waals surface area contributed by atoms with Crippen LogP contribution in [0.3, 0.4) is 0 Å². The Balaban J connectivity index is 1.64. The minimum Gasteiger partial charge on any atom is -0.380 e. The fraction of sp³-hybridized carbons (Fsp3) is 0.500. The molecule has 0 saturated carbocycles. The van der Waals surface area contributed by atoms with Gasteiger partial charge in [0.2, 0.25) is 0 Å². The standard InChI is InChI=1S/C16H23N3OS/c1-2-3-10-20-11-8-17-9-12-21-16-14-6-4-5-7-15(14)18-13-19-16/h4-7,13,17H,2-3,8-12H2,1H3. The monoisotopic (exact) mass is 305 g/mol.